The predicted octanol–water partition coefficient (Wildman–Crippen LogP) is 6.97. The van der Waals surface area contributed by atoms with Crippen LogP contribution in [0.2, 0.25) is 0 Å². The van der Waals surface area contributed by atoms with E-state index in [9.17, 15) is 33.6 Å². The van der Waals surface area contributed by atoms with Crippen LogP contribution in [0.25, 0.3) is 0 Å². The molecule has 9 rings (SSSR count). The first-order chi connectivity index (χ1) is 42.8. The number of hydrogen-bond acceptors (Lipinski definition) is 10. The topological polar surface area (TPSA) is 230 Å². The molecule has 5 aliphatic rings. The molecule has 4 aromatic rings. The van der Waals surface area contributed by atoms with Gasteiger partial charge in [0.1, 0.15) is 36.3 Å². The number of hydrogen-bond donors (Lipinski definition) is 7. The zero-order chi connectivity index (χ0) is 62.1. The maximum atomic E-state index is 15.2. The number of nitrogens with one attached hydrogen (secondary N) is 7. The first-order valence-corrected chi connectivity index (χ1v) is 32.8. The second-order valence-electron chi connectivity index (χ2n) is 25.1. The van der Waals surface area contributed by atoms with Crippen molar-refractivity contribution in [2.75, 3.05) is 45.2 Å². The molecule has 2 saturated heterocycles. The Morgan fingerprint density at radius 2 is 0.989 bits per heavy atom. The molecule has 0 radical (unpaired) electrons. The van der Waals surface area contributed by atoms with Gasteiger partial charge in [-0.05, 0) is 132 Å². The zero-order valence-corrected chi connectivity index (χ0v) is 52.1. The molecule has 2 aliphatic carbocycles. The molecule has 4 fully saturated rings. The number of anilines is 1. The van der Waals surface area contributed by atoms with E-state index in [0.29, 0.717) is 64.7 Å². The minimum absolute atomic E-state index is 0.0379. The fourth-order valence-electron chi connectivity index (χ4n) is 14.3. The van der Waals surface area contributed by atoms with Crippen LogP contribution in [-0.2, 0) is 38.4 Å². The summed E-state index contributed by atoms with van der Waals surface area (Å²) >= 11 is 0. The van der Waals surface area contributed by atoms with E-state index in [2.05, 4.69) is 37.2 Å². The first-order valence-electron chi connectivity index (χ1n) is 32.8. The highest BCUT2D eigenvalue weighted by Crippen LogP contribution is 2.41. The summed E-state index contributed by atoms with van der Waals surface area (Å²) in [5.74, 6) is -3.58. The van der Waals surface area contributed by atoms with E-state index in [0.717, 1.165) is 105 Å². The number of nitrogens with zero attached hydrogens (tertiary/aromatic N) is 3. The molecule has 4 aromatic carbocycles. The smallest absolute Gasteiger partial charge is 0.250 e. The Hall–Kier alpha value is -7.44. The molecule has 472 valence electrons. The third kappa shape index (κ3) is 15.7. The third-order valence-corrected chi connectivity index (χ3v) is 19.4. The quantitative estimate of drug-likeness (QED) is 0.0319. The SMILES string of the molecule is CN[C@@H](C)C(=O)N[C@H](C(=O)N1CCC[C@H]1C(=O)N[C@H](C(=O)NCCCCCCN1C(=O)[C@@H](NC(=O)[C@@H]2CCCN2C(=O)[C@@H](NC(=O)[C@H](C)NC)C2CCCCC2)C(c2ccccc2)c2ccccc21)C(c1ccccc1)c1ccccc1)C1CCCCC1. The number of carbonyl (C=O) groups is 8. The maximum absolute atomic E-state index is 15.2. The van der Waals surface area contributed by atoms with Crippen molar-refractivity contribution in [1.82, 2.24) is 47.0 Å². The summed E-state index contributed by atoms with van der Waals surface area (Å²) in [7, 11) is 3.41. The molecule has 0 aromatic heterocycles. The lowest BCUT2D eigenvalue weighted by atomic mass is 9.80. The van der Waals surface area contributed by atoms with Crippen LogP contribution in [0.3, 0.4) is 0 Å². The van der Waals surface area contributed by atoms with E-state index in [1.165, 1.54) is 0 Å². The molecule has 88 heavy (non-hydrogen) atoms. The molecule has 3 aliphatic heterocycles. The van der Waals surface area contributed by atoms with Gasteiger partial charge in [0.25, 0.3) is 5.91 Å². The largest absolute Gasteiger partial charge is 0.354 e. The minimum Gasteiger partial charge on any atom is -0.354 e. The number of amides is 8. The molecular weight excluding hydrogens is 1110 g/mol. The summed E-state index contributed by atoms with van der Waals surface area (Å²) in [6.07, 6.45) is 14.1. The van der Waals surface area contributed by atoms with Gasteiger partial charge in [0, 0.05) is 43.7 Å². The Morgan fingerprint density at radius 1 is 0.511 bits per heavy atom. The fraction of sp³-hybridized carbons (Fsp3) is 0.543. The summed E-state index contributed by atoms with van der Waals surface area (Å²) in [6.45, 7) is 4.96. The summed E-state index contributed by atoms with van der Waals surface area (Å²) in [6, 6.07) is 30.7. The van der Waals surface area contributed by atoms with Crippen LogP contribution in [0.15, 0.2) is 115 Å². The molecule has 18 nitrogen and oxygen atoms in total. The van der Waals surface area contributed by atoms with Crippen molar-refractivity contribution in [3.05, 3.63) is 138 Å². The Morgan fingerprint density at radius 3 is 1.51 bits per heavy atom. The van der Waals surface area contributed by atoms with Gasteiger partial charge < -0.3 is 51.9 Å². The van der Waals surface area contributed by atoms with Gasteiger partial charge in [0.2, 0.25) is 41.4 Å². The Kier molecular flexibility index (Phi) is 23.4. The second-order valence-corrected chi connectivity index (χ2v) is 25.1. The van der Waals surface area contributed by atoms with Gasteiger partial charge in [-0.15, -0.1) is 0 Å². The lowest BCUT2D eigenvalue weighted by Crippen LogP contribution is -2.60. The fourth-order valence-corrected chi connectivity index (χ4v) is 14.3. The molecule has 9 atom stereocenters. The summed E-state index contributed by atoms with van der Waals surface area (Å²) < 4.78 is 0. The number of para-hydroxylation sites is 1. The molecule has 0 bridgehead atoms. The van der Waals surface area contributed by atoms with E-state index < -0.39 is 66.1 Å². The van der Waals surface area contributed by atoms with Crippen LogP contribution >= 0.6 is 0 Å². The molecule has 2 saturated carbocycles. The molecule has 3 heterocycles. The Labute approximate surface area is 520 Å². The number of rotatable bonds is 26. The lowest BCUT2D eigenvalue weighted by molar-refractivity contribution is -0.143. The second kappa shape index (κ2) is 31.6. The molecule has 8 amide bonds. The number of benzene rings is 4. The van der Waals surface area contributed by atoms with E-state index in [1.807, 2.05) is 115 Å². The third-order valence-electron chi connectivity index (χ3n) is 19.4. The van der Waals surface area contributed by atoms with Gasteiger partial charge in [-0.2, -0.15) is 0 Å². The normalized spacial score (nSPS) is 21.6. The zero-order valence-electron chi connectivity index (χ0n) is 52.1. The van der Waals surface area contributed by atoms with Crippen molar-refractivity contribution < 1.29 is 38.4 Å². The Bertz CT molecular complexity index is 2950. The number of carbonyl (C=O) groups excluding carboxylic acids is 8. The maximum Gasteiger partial charge on any atom is 0.250 e. The average molecular weight is 1200 g/mol. The van der Waals surface area contributed by atoms with Crippen LogP contribution in [0, 0.1) is 11.8 Å². The predicted molar refractivity (Wildman–Crippen MR) is 341 cm³/mol. The summed E-state index contributed by atoms with van der Waals surface area (Å²) in [5, 5.41) is 21.6. The highest BCUT2D eigenvalue weighted by Gasteiger charge is 2.47. The Balaban J connectivity index is 0.868. The molecule has 1 unspecified atom stereocenters. The van der Waals surface area contributed by atoms with E-state index >= 15 is 4.79 Å². The van der Waals surface area contributed by atoms with Gasteiger partial charge in [0.05, 0.1) is 12.1 Å². The molecular formula is C70H94N10O8. The first kappa shape index (κ1) is 65.0. The number of likely N-dealkylation sites (N-methyl/N-ethyl adjacent to an activating group) is 2. The number of fused-ring (bicyclic) bond motifs is 1. The van der Waals surface area contributed by atoms with Crippen LogP contribution in [0.4, 0.5) is 5.69 Å². The number of unbranched alkanes of at least 4 members (excludes halogenated alkanes) is 3. The van der Waals surface area contributed by atoms with Crippen LogP contribution in [0.1, 0.15) is 164 Å². The summed E-state index contributed by atoms with van der Waals surface area (Å²) in [5.41, 5.74) is 4.25. The highest BCUT2D eigenvalue weighted by molar-refractivity contribution is 6.04. The van der Waals surface area contributed by atoms with Gasteiger partial charge in [0.15, 0.2) is 0 Å². The van der Waals surface area contributed by atoms with Crippen molar-refractivity contribution in [3.63, 3.8) is 0 Å². The van der Waals surface area contributed by atoms with E-state index in [4.69, 9.17) is 0 Å². The standard InChI is InChI=1S/C70H94N10O8/c1-46(71-3)63(81)74-59(51-34-18-10-19-35-51)68(86)79-44-26-40-55(79)65(83)76-61(57(48-28-12-7-13-29-48)49-30-14-8-15-31-49)67(85)73-42-24-5-6-25-43-78-54-39-23-22-38-53(54)58(50-32-16-9-17-33-50)62(70(78)88)77-66(84)56-41-27-45-80(56)69(87)60(52-36-20-11-21-37-52)75-64(82)47(2)72-4/h7-9,12-17,22-23,28-33,38-39,46-47,51-52,55-62,71-72H,5-6,10-11,18-21,24-27,34-37,40-45H2,1-4H3,(H,73,85)(H,74,81)(H,75,82)(H,76,83)(H,77,84)/t46-,47-,55-,56-,58?,59-,60-,61-,62-/m0/s1. The average Bonchev–Trinajstić information content (AvgIpc) is 1.09. The molecule has 18 heteroatoms. The lowest BCUT2D eigenvalue weighted by Gasteiger charge is -2.41. The van der Waals surface area contributed by atoms with Gasteiger partial charge >= 0.3 is 0 Å². The van der Waals surface area contributed by atoms with Crippen molar-refractivity contribution in [2.45, 2.75) is 190 Å². The molecule has 7 N–H and O–H groups in total. The number of likely N-dealkylation sites (tertiary alicyclic amines) is 2. The minimum atomic E-state index is -1.05. The van der Waals surface area contributed by atoms with Gasteiger partial charge in [-0.3, -0.25) is 38.4 Å². The van der Waals surface area contributed by atoms with Crippen molar-refractivity contribution in [1.29, 1.82) is 0 Å². The van der Waals surface area contributed by atoms with Crippen LogP contribution < -0.4 is 42.1 Å². The summed E-state index contributed by atoms with van der Waals surface area (Å²) in [4.78, 5) is 121. The van der Waals surface area contributed by atoms with E-state index in [1.54, 1.807) is 42.6 Å². The molecule has 0 spiro atoms. The van der Waals surface area contributed by atoms with E-state index in [-0.39, 0.29) is 53.2 Å². The monoisotopic (exact) mass is 1200 g/mol. The van der Waals surface area contributed by atoms with Crippen molar-refractivity contribution >= 4 is 52.9 Å². The van der Waals surface area contributed by atoms with Gasteiger partial charge in [-0.25, -0.2) is 0 Å². The van der Waals surface area contributed by atoms with Crippen molar-refractivity contribution in [3.8, 4) is 0 Å². The highest BCUT2D eigenvalue weighted by atomic mass is 16.2. The van der Waals surface area contributed by atoms with Crippen molar-refractivity contribution in [2.24, 2.45) is 11.8 Å². The van der Waals surface area contributed by atoms with Crippen LogP contribution in [-0.4, -0.2) is 146 Å². The van der Waals surface area contributed by atoms with Crippen LogP contribution in [0.5, 0.6) is 0 Å². The van der Waals surface area contributed by atoms with Gasteiger partial charge in [-0.1, -0.05) is 161 Å².